The van der Waals surface area contributed by atoms with E-state index in [1.54, 1.807) is 11.2 Å². The van der Waals surface area contributed by atoms with Crippen LogP contribution in [0.5, 0.6) is 0 Å². The molecular formula is C17H27N3O3. The van der Waals surface area contributed by atoms with Gasteiger partial charge in [-0.25, -0.2) is 9.78 Å². The molecule has 0 saturated carbocycles. The average molecular weight is 321 g/mol. The number of nitrogens with zero attached hydrogens (tertiary/aromatic N) is 3. The lowest BCUT2D eigenvalue weighted by Gasteiger charge is -2.35. The first-order chi connectivity index (χ1) is 10.8. The zero-order chi connectivity index (χ0) is 17.2. The van der Waals surface area contributed by atoms with Crippen molar-refractivity contribution in [3.05, 3.63) is 17.7 Å². The van der Waals surface area contributed by atoms with Crippen LogP contribution in [0.1, 0.15) is 51.9 Å². The monoisotopic (exact) mass is 321 g/mol. The van der Waals surface area contributed by atoms with Crippen LogP contribution in [-0.2, 0) is 33.8 Å². The highest BCUT2D eigenvalue weighted by atomic mass is 16.5. The maximum atomic E-state index is 12.7. The molecule has 0 bridgehead atoms. The Kier molecular flexibility index (Phi) is 5.12. The molecule has 6 heteroatoms. The molecule has 23 heavy (non-hydrogen) atoms. The second-order valence-electron chi connectivity index (χ2n) is 7.33. The molecule has 1 amide bonds. The van der Waals surface area contributed by atoms with Crippen molar-refractivity contribution in [2.45, 2.75) is 66.1 Å². The molecule has 128 valence electrons. The Bertz CT molecular complexity index is 586. The van der Waals surface area contributed by atoms with Crippen molar-refractivity contribution in [2.75, 3.05) is 7.11 Å². The Hall–Kier alpha value is -1.85. The summed E-state index contributed by atoms with van der Waals surface area (Å²) in [7, 11) is 1.36. The van der Waals surface area contributed by atoms with Gasteiger partial charge in [0.05, 0.1) is 31.4 Å². The largest absolute Gasteiger partial charge is 0.467 e. The van der Waals surface area contributed by atoms with Gasteiger partial charge in [-0.15, -0.1) is 0 Å². The highest BCUT2D eigenvalue weighted by Gasteiger charge is 2.38. The SMILES string of the molecule is CCCn1cnc2c1CN(C(=O)CC(C)(C)C)[C@H](C(=O)OC)C2. The summed E-state index contributed by atoms with van der Waals surface area (Å²) >= 11 is 0. The number of fused-ring (bicyclic) bond motifs is 1. The first-order valence-electron chi connectivity index (χ1n) is 8.17. The number of carbonyl (C=O) groups excluding carboxylic acids is 2. The quantitative estimate of drug-likeness (QED) is 0.797. The first kappa shape index (κ1) is 17.5. The zero-order valence-electron chi connectivity index (χ0n) is 14.8. The molecule has 1 aromatic heterocycles. The van der Waals surface area contributed by atoms with Crippen LogP contribution >= 0.6 is 0 Å². The number of rotatable bonds is 4. The fraction of sp³-hybridized carbons (Fsp3) is 0.706. The van der Waals surface area contributed by atoms with Gasteiger partial charge in [-0.3, -0.25) is 4.79 Å². The molecule has 0 radical (unpaired) electrons. The molecule has 1 aromatic rings. The fourth-order valence-corrected chi connectivity index (χ4v) is 2.96. The number of hydrogen-bond donors (Lipinski definition) is 0. The lowest BCUT2D eigenvalue weighted by molar-refractivity contribution is -0.154. The Labute approximate surface area is 137 Å². The summed E-state index contributed by atoms with van der Waals surface area (Å²) < 4.78 is 6.99. The molecule has 0 unspecified atom stereocenters. The number of aryl methyl sites for hydroxylation is 1. The van der Waals surface area contributed by atoms with Crippen molar-refractivity contribution in [3.8, 4) is 0 Å². The minimum atomic E-state index is -0.577. The minimum Gasteiger partial charge on any atom is -0.467 e. The predicted molar refractivity (Wildman–Crippen MR) is 86.6 cm³/mol. The number of hydrogen-bond acceptors (Lipinski definition) is 4. The highest BCUT2D eigenvalue weighted by molar-refractivity contribution is 5.85. The Morgan fingerprint density at radius 1 is 1.39 bits per heavy atom. The summed E-state index contributed by atoms with van der Waals surface area (Å²) in [5.74, 6) is -0.384. The van der Waals surface area contributed by atoms with Gasteiger partial charge in [0, 0.05) is 19.4 Å². The third-order valence-electron chi connectivity index (χ3n) is 4.06. The summed E-state index contributed by atoms with van der Waals surface area (Å²) in [6.07, 6.45) is 3.63. The van der Waals surface area contributed by atoms with Gasteiger partial charge in [0.15, 0.2) is 0 Å². The van der Waals surface area contributed by atoms with Crippen LogP contribution in [0.3, 0.4) is 0 Å². The molecule has 0 fully saturated rings. The average Bonchev–Trinajstić information content (AvgIpc) is 2.86. The molecule has 6 nitrogen and oxygen atoms in total. The number of carbonyl (C=O) groups is 2. The van der Waals surface area contributed by atoms with E-state index in [1.165, 1.54) is 7.11 Å². The van der Waals surface area contributed by atoms with Crippen molar-refractivity contribution >= 4 is 11.9 Å². The van der Waals surface area contributed by atoms with Gasteiger partial charge >= 0.3 is 5.97 Å². The predicted octanol–water partition coefficient (Wildman–Crippen LogP) is 2.16. The van der Waals surface area contributed by atoms with Gasteiger partial charge < -0.3 is 14.2 Å². The van der Waals surface area contributed by atoms with Crippen molar-refractivity contribution < 1.29 is 14.3 Å². The first-order valence-corrected chi connectivity index (χ1v) is 8.17. The third kappa shape index (κ3) is 3.92. The van der Waals surface area contributed by atoms with Crippen molar-refractivity contribution in [2.24, 2.45) is 5.41 Å². The van der Waals surface area contributed by atoms with E-state index in [1.807, 2.05) is 20.8 Å². The minimum absolute atomic E-state index is 0.0113. The molecule has 1 aliphatic rings. The Balaban J connectivity index is 2.31. The number of imidazole rings is 1. The van der Waals surface area contributed by atoms with Crippen LogP contribution in [0.25, 0.3) is 0 Å². The highest BCUT2D eigenvalue weighted by Crippen LogP contribution is 2.27. The molecule has 0 aromatic carbocycles. The molecule has 0 spiro atoms. The van der Waals surface area contributed by atoms with Crippen LogP contribution in [0.15, 0.2) is 6.33 Å². The topological polar surface area (TPSA) is 64.4 Å². The van der Waals surface area contributed by atoms with E-state index in [4.69, 9.17) is 4.74 Å². The standard InChI is InChI=1S/C17H27N3O3/c1-6-7-19-11-18-12-8-13(16(22)23-5)20(10-14(12)19)15(21)9-17(2,3)4/h11,13H,6-10H2,1-5H3/t13-/m0/s1. The summed E-state index contributed by atoms with van der Waals surface area (Å²) in [6.45, 7) is 9.46. The lowest BCUT2D eigenvalue weighted by Crippen LogP contribution is -2.50. The van der Waals surface area contributed by atoms with Crippen molar-refractivity contribution in [1.82, 2.24) is 14.5 Å². The van der Waals surface area contributed by atoms with Gasteiger partial charge in [-0.1, -0.05) is 27.7 Å². The molecule has 0 N–H and O–H groups in total. The van der Waals surface area contributed by atoms with E-state index in [2.05, 4.69) is 16.5 Å². The van der Waals surface area contributed by atoms with E-state index >= 15 is 0 Å². The van der Waals surface area contributed by atoms with Gasteiger partial charge in [0.1, 0.15) is 6.04 Å². The van der Waals surface area contributed by atoms with Crippen LogP contribution in [0.2, 0.25) is 0 Å². The summed E-state index contributed by atoms with van der Waals surface area (Å²) in [6, 6.07) is -0.577. The number of aromatic nitrogens is 2. The van der Waals surface area contributed by atoms with Crippen LogP contribution in [0.4, 0.5) is 0 Å². The van der Waals surface area contributed by atoms with E-state index in [0.29, 0.717) is 19.4 Å². The smallest absolute Gasteiger partial charge is 0.329 e. The molecular weight excluding hydrogens is 294 g/mol. The van der Waals surface area contributed by atoms with E-state index < -0.39 is 6.04 Å². The summed E-state index contributed by atoms with van der Waals surface area (Å²) in [5.41, 5.74) is 1.81. The van der Waals surface area contributed by atoms with Gasteiger partial charge in [-0.05, 0) is 11.8 Å². The third-order valence-corrected chi connectivity index (χ3v) is 4.06. The number of ether oxygens (including phenoxy) is 1. The van der Waals surface area contributed by atoms with E-state index in [0.717, 1.165) is 24.4 Å². The maximum Gasteiger partial charge on any atom is 0.329 e. The molecule has 0 aliphatic carbocycles. The van der Waals surface area contributed by atoms with Crippen LogP contribution in [-0.4, -0.2) is 39.5 Å². The van der Waals surface area contributed by atoms with Gasteiger partial charge in [0.25, 0.3) is 0 Å². The van der Waals surface area contributed by atoms with Gasteiger partial charge in [-0.2, -0.15) is 0 Å². The van der Waals surface area contributed by atoms with Crippen molar-refractivity contribution in [1.29, 1.82) is 0 Å². The summed E-state index contributed by atoms with van der Waals surface area (Å²) in [4.78, 5) is 31.0. The molecule has 2 heterocycles. The Morgan fingerprint density at radius 3 is 2.65 bits per heavy atom. The maximum absolute atomic E-state index is 12.7. The summed E-state index contributed by atoms with van der Waals surface area (Å²) in [5, 5.41) is 0. The van der Waals surface area contributed by atoms with Crippen molar-refractivity contribution in [3.63, 3.8) is 0 Å². The molecule has 2 rings (SSSR count). The van der Waals surface area contributed by atoms with Crippen LogP contribution in [0, 0.1) is 5.41 Å². The van der Waals surface area contributed by atoms with E-state index in [9.17, 15) is 9.59 Å². The van der Waals surface area contributed by atoms with Gasteiger partial charge in [0.2, 0.25) is 5.91 Å². The van der Waals surface area contributed by atoms with E-state index in [-0.39, 0.29) is 17.3 Å². The number of amides is 1. The zero-order valence-corrected chi connectivity index (χ0v) is 14.8. The Morgan fingerprint density at radius 2 is 2.09 bits per heavy atom. The molecule has 1 atom stereocenters. The second kappa shape index (κ2) is 6.72. The van der Waals surface area contributed by atoms with Crippen LogP contribution < -0.4 is 0 Å². The fourth-order valence-electron chi connectivity index (χ4n) is 2.96. The molecule has 1 aliphatic heterocycles. The second-order valence-corrected chi connectivity index (χ2v) is 7.33. The normalized spacial score (nSPS) is 17.8. The number of methoxy groups -OCH3 is 1. The lowest BCUT2D eigenvalue weighted by atomic mass is 9.90. The number of esters is 1. The molecule has 0 saturated heterocycles.